The lowest BCUT2D eigenvalue weighted by molar-refractivity contribution is 0.0733. The van der Waals surface area contributed by atoms with E-state index in [1.54, 1.807) is 24.3 Å². The van der Waals surface area contributed by atoms with Crippen LogP contribution in [0.5, 0.6) is 11.5 Å². The van der Waals surface area contributed by atoms with Crippen molar-refractivity contribution in [2.75, 3.05) is 6.61 Å². The number of carbonyl (C=O) groups is 1. The largest absolute Gasteiger partial charge is 0.494 e. The van der Waals surface area contributed by atoms with Crippen LogP contribution in [-0.4, -0.2) is 12.6 Å². The Kier molecular flexibility index (Phi) is 5.82. The van der Waals surface area contributed by atoms with Gasteiger partial charge in [0, 0.05) is 4.47 Å². The summed E-state index contributed by atoms with van der Waals surface area (Å²) < 4.78 is 12.5. The summed E-state index contributed by atoms with van der Waals surface area (Å²) in [6.07, 6.45) is 0.917. The van der Waals surface area contributed by atoms with Crippen molar-refractivity contribution in [2.45, 2.75) is 13.3 Å². The van der Waals surface area contributed by atoms with E-state index in [-0.39, 0.29) is 0 Å². The molecule has 2 aromatic carbocycles. The normalized spacial score (nSPS) is 10.2. The van der Waals surface area contributed by atoms with Gasteiger partial charge in [-0.25, -0.2) is 4.79 Å². The number of esters is 1. The minimum Gasteiger partial charge on any atom is -0.494 e. The lowest BCUT2D eigenvalue weighted by Gasteiger charge is -2.08. The first-order valence-corrected chi connectivity index (χ1v) is 8.09. The van der Waals surface area contributed by atoms with Crippen molar-refractivity contribution in [3.05, 3.63) is 57.0 Å². The summed E-state index contributed by atoms with van der Waals surface area (Å²) in [5, 5.41) is 0. The maximum Gasteiger partial charge on any atom is 0.343 e. The molecule has 0 radical (unpaired) electrons. The van der Waals surface area contributed by atoms with Gasteiger partial charge in [-0.2, -0.15) is 0 Å². The van der Waals surface area contributed by atoms with Crippen molar-refractivity contribution >= 4 is 37.8 Å². The summed E-state index contributed by atoms with van der Waals surface area (Å²) in [6.45, 7) is 2.65. The molecule has 0 bridgehead atoms. The molecule has 3 nitrogen and oxygen atoms in total. The summed E-state index contributed by atoms with van der Waals surface area (Å²) in [7, 11) is 0. The number of benzene rings is 2. The van der Waals surface area contributed by atoms with E-state index in [4.69, 9.17) is 9.47 Å². The second-order valence-electron chi connectivity index (χ2n) is 4.34. The molecular weight excluding hydrogens is 400 g/mol. The molecule has 5 heteroatoms. The van der Waals surface area contributed by atoms with Gasteiger partial charge in [0.05, 0.1) is 16.6 Å². The molecule has 0 heterocycles. The highest BCUT2D eigenvalue weighted by atomic mass is 79.9. The number of carbonyl (C=O) groups excluding carboxylic acids is 1. The highest BCUT2D eigenvalue weighted by Gasteiger charge is 2.12. The number of ether oxygens (including phenoxy) is 2. The van der Waals surface area contributed by atoms with E-state index in [0.717, 1.165) is 10.9 Å². The monoisotopic (exact) mass is 412 g/mol. The van der Waals surface area contributed by atoms with Gasteiger partial charge in [-0.05, 0) is 58.7 Å². The van der Waals surface area contributed by atoms with Crippen molar-refractivity contribution in [1.82, 2.24) is 0 Å². The molecular formula is C16H14Br2O3. The molecule has 0 aromatic heterocycles. The predicted molar refractivity (Wildman–Crippen MR) is 89.0 cm³/mol. The van der Waals surface area contributed by atoms with Gasteiger partial charge in [0.25, 0.3) is 0 Å². The van der Waals surface area contributed by atoms with E-state index in [0.29, 0.717) is 28.1 Å². The third-order valence-corrected chi connectivity index (χ3v) is 3.75. The van der Waals surface area contributed by atoms with E-state index in [1.165, 1.54) is 0 Å². The Balaban J connectivity index is 2.12. The molecule has 2 rings (SSSR count). The number of rotatable bonds is 5. The van der Waals surface area contributed by atoms with Gasteiger partial charge in [0.1, 0.15) is 11.5 Å². The van der Waals surface area contributed by atoms with E-state index in [2.05, 4.69) is 31.9 Å². The molecule has 110 valence electrons. The van der Waals surface area contributed by atoms with Crippen LogP contribution in [-0.2, 0) is 0 Å². The van der Waals surface area contributed by atoms with Crippen LogP contribution < -0.4 is 9.47 Å². The number of hydrogen-bond donors (Lipinski definition) is 0. The minimum absolute atomic E-state index is 0.417. The second kappa shape index (κ2) is 7.61. The zero-order chi connectivity index (χ0) is 15.2. The second-order valence-corrected chi connectivity index (χ2v) is 6.11. The molecule has 21 heavy (non-hydrogen) atoms. The summed E-state index contributed by atoms with van der Waals surface area (Å²) in [6, 6.07) is 12.3. The van der Waals surface area contributed by atoms with Crippen molar-refractivity contribution in [1.29, 1.82) is 0 Å². The Morgan fingerprint density at radius 2 is 1.95 bits per heavy atom. The summed E-state index contributed by atoms with van der Waals surface area (Å²) >= 11 is 6.72. The smallest absolute Gasteiger partial charge is 0.343 e. The summed E-state index contributed by atoms with van der Waals surface area (Å²) in [5.41, 5.74) is 0.457. The van der Waals surface area contributed by atoms with Gasteiger partial charge in [-0.1, -0.05) is 28.9 Å². The van der Waals surface area contributed by atoms with Crippen LogP contribution >= 0.6 is 31.9 Å². The van der Waals surface area contributed by atoms with Crippen LogP contribution in [0.15, 0.2) is 51.4 Å². The zero-order valence-electron chi connectivity index (χ0n) is 11.4. The predicted octanol–water partition coefficient (Wildman–Crippen LogP) is 5.22. The lowest BCUT2D eigenvalue weighted by Crippen LogP contribution is -2.09. The summed E-state index contributed by atoms with van der Waals surface area (Å²) in [5.74, 6) is 0.726. The van der Waals surface area contributed by atoms with Crippen LogP contribution in [0, 0.1) is 0 Å². The standard InChI is InChI=1S/C16H14Br2O3/c1-2-8-20-13-5-3-4-11(9-13)16(19)21-15-7-6-12(17)10-14(15)18/h3-7,9-10H,2,8H2,1H3. The minimum atomic E-state index is -0.417. The van der Waals surface area contributed by atoms with Crippen LogP contribution in [0.1, 0.15) is 23.7 Å². The molecule has 0 unspecified atom stereocenters. The molecule has 0 fully saturated rings. The third-order valence-electron chi connectivity index (χ3n) is 2.64. The lowest BCUT2D eigenvalue weighted by atomic mass is 10.2. The van der Waals surface area contributed by atoms with Crippen molar-refractivity contribution in [3.63, 3.8) is 0 Å². The maximum atomic E-state index is 12.2. The first-order valence-electron chi connectivity index (χ1n) is 6.50. The SMILES string of the molecule is CCCOc1cccc(C(=O)Oc2ccc(Br)cc2Br)c1. The van der Waals surface area contributed by atoms with Gasteiger partial charge < -0.3 is 9.47 Å². The highest BCUT2D eigenvalue weighted by Crippen LogP contribution is 2.29. The number of halogens is 2. The summed E-state index contributed by atoms with van der Waals surface area (Å²) in [4.78, 5) is 12.2. The molecule has 0 atom stereocenters. The van der Waals surface area contributed by atoms with Gasteiger partial charge in [-0.15, -0.1) is 0 Å². The van der Waals surface area contributed by atoms with Crippen LogP contribution in [0.3, 0.4) is 0 Å². The molecule has 0 aliphatic heterocycles. The molecule has 0 aliphatic rings. The molecule has 0 spiro atoms. The Bertz CT molecular complexity index is 641. The van der Waals surface area contributed by atoms with E-state index >= 15 is 0 Å². The Morgan fingerprint density at radius 1 is 1.14 bits per heavy atom. The van der Waals surface area contributed by atoms with Crippen molar-refractivity contribution < 1.29 is 14.3 Å². The first kappa shape index (κ1) is 16.0. The third kappa shape index (κ3) is 4.58. The Morgan fingerprint density at radius 3 is 2.67 bits per heavy atom. The van der Waals surface area contributed by atoms with Crippen LogP contribution in [0.4, 0.5) is 0 Å². The van der Waals surface area contributed by atoms with E-state index in [9.17, 15) is 4.79 Å². The first-order chi connectivity index (χ1) is 10.1. The highest BCUT2D eigenvalue weighted by molar-refractivity contribution is 9.11. The fourth-order valence-corrected chi connectivity index (χ4v) is 2.78. The van der Waals surface area contributed by atoms with Crippen molar-refractivity contribution in [2.24, 2.45) is 0 Å². The van der Waals surface area contributed by atoms with Gasteiger partial charge in [-0.3, -0.25) is 0 Å². The van der Waals surface area contributed by atoms with Gasteiger partial charge >= 0.3 is 5.97 Å². The average molecular weight is 414 g/mol. The van der Waals surface area contributed by atoms with Crippen molar-refractivity contribution in [3.8, 4) is 11.5 Å². The van der Waals surface area contributed by atoms with E-state index in [1.807, 2.05) is 25.1 Å². The topological polar surface area (TPSA) is 35.5 Å². The maximum absolute atomic E-state index is 12.2. The van der Waals surface area contributed by atoms with Gasteiger partial charge in [0.2, 0.25) is 0 Å². The molecule has 2 aromatic rings. The molecule has 0 N–H and O–H groups in total. The Labute approximate surface area is 140 Å². The quantitative estimate of drug-likeness (QED) is 0.497. The molecule has 0 aliphatic carbocycles. The van der Waals surface area contributed by atoms with E-state index < -0.39 is 5.97 Å². The fraction of sp³-hybridized carbons (Fsp3) is 0.188. The molecule has 0 saturated heterocycles. The average Bonchev–Trinajstić information content (AvgIpc) is 2.48. The molecule has 0 saturated carbocycles. The molecule has 0 amide bonds. The number of hydrogen-bond acceptors (Lipinski definition) is 3. The van der Waals surface area contributed by atoms with Crippen LogP contribution in [0.2, 0.25) is 0 Å². The fourth-order valence-electron chi connectivity index (χ4n) is 1.65. The van der Waals surface area contributed by atoms with Crippen LogP contribution in [0.25, 0.3) is 0 Å². The zero-order valence-corrected chi connectivity index (χ0v) is 14.6. The van der Waals surface area contributed by atoms with Gasteiger partial charge in [0.15, 0.2) is 0 Å². The Hall–Kier alpha value is -1.33.